The second kappa shape index (κ2) is 7.91. The van der Waals surface area contributed by atoms with Gasteiger partial charge in [0.1, 0.15) is 0 Å². The second-order valence-corrected chi connectivity index (χ2v) is 4.03. The number of hydrogen-bond acceptors (Lipinski definition) is 4. The van der Waals surface area contributed by atoms with Crippen LogP contribution >= 0.6 is 0 Å². The first-order chi connectivity index (χ1) is 10.0. The fourth-order valence-corrected chi connectivity index (χ4v) is 1.54. The summed E-state index contributed by atoms with van der Waals surface area (Å²) in [5.74, 6) is 0.169. The average molecular weight is 293 g/mol. The van der Waals surface area contributed by atoms with Gasteiger partial charge in [0.2, 0.25) is 0 Å². The zero-order valence-corrected chi connectivity index (χ0v) is 12.5. The first-order valence-corrected chi connectivity index (χ1v) is 6.21. The summed E-state index contributed by atoms with van der Waals surface area (Å²) < 4.78 is 4.90. The molecule has 0 aliphatic carbocycles. The molecular formula is C14H19N3O4. The summed E-state index contributed by atoms with van der Waals surface area (Å²) in [6.07, 6.45) is 1.33. The van der Waals surface area contributed by atoms with Crippen LogP contribution in [0.1, 0.15) is 6.92 Å². The smallest absolute Gasteiger partial charge is 0.345 e. The van der Waals surface area contributed by atoms with Crippen LogP contribution in [-0.2, 0) is 14.4 Å². The van der Waals surface area contributed by atoms with E-state index in [1.165, 1.54) is 27.3 Å². The van der Waals surface area contributed by atoms with Gasteiger partial charge in [-0.15, -0.1) is 0 Å². The number of methoxy groups -OCH3 is 1. The van der Waals surface area contributed by atoms with Gasteiger partial charge in [-0.05, 0) is 25.1 Å². The molecule has 3 amide bonds. The molecule has 0 radical (unpaired) electrons. The van der Waals surface area contributed by atoms with E-state index in [0.717, 1.165) is 5.06 Å². The number of amides is 3. The van der Waals surface area contributed by atoms with Crippen molar-refractivity contribution in [1.82, 2.24) is 5.32 Å². The highest BCUT2D eigenvalue weighted by Gasteiger charge is 2.14. The lowest BCUT2D eigenvalue weighted by molar-refractivity contribution is -0.112. The SMILES string of the molecule is CNC(=O)N(OC)c1cccc(NC(=O)/C=C(/C)OC)c1. The molecule has 0 unspecified atom stereocenters. The molecule has 0 aliphatic heterocycles. The van der Waals surface area contributed by atoms with Crippen LogP contribution in [-0.4, -0.2) is 33.2 Å². The van der Waals surface area contributed by atoms with E-state index in [-0.39, 0.29) is 5.91 Å². The Hall–Kier alpha value is -2.54. The Kier molecular flexibility index (Phi) is 6.22. The van der Waals surface area contributed by atoms with Gasteiger partial charge in [-0.3, -0.25) is 9.63 Å². The summed E-state index contributed by atoms with van der Waals surface area (Å²) in [6, 6.07) is 6.29. The fourth-order valence-electron chi connectivity index (χ4n) is 1.54. The van der Waals surface area contributed by atoms with Gasteiger partial charge in [-0.25, -0.2) is 4.79 Å². The quantitative estimate of drug-likeness (QED) is 0.493. The molecule has 1 rings (SSSR count). The van der Waals surface area contributed by atoms with Crippen molar-refractivity contribution >= 4 is 23.3 Å². The van der Waals surface area contributed by atoms with Crippen LogP contribution in [0.5, 0.6) is 0 Å². The van der Waals surface area contributed by atoms with Crippen LogP contribution in [0.2, 0.25) is 0 Å². The zero-order chi connectivity index (χ0) is 15.8. The minimum Gasteiger partial charge on any atom is -0.501 e. The Bertz CT molecular complexity index is 543. The maximum absolute atomic E-state index is 11.7. The predicted octanol–water partition coefficient (Wildman–Crippen LogP) is 1.88. The highest BCUT2D eigenvalue weighted by molar-refractivity contribution is 6.00. The maximum atomic E-state index is 11.7. The predicted molar refractivity (Wildman–Crippen MR) is 79.8 cm³/mol. The molecule has 1 aromatic carbocycles. The number of ether oxygens (including phenoxy) is 1. The third-order valence-electron chi connectivity index (χ3n) is 2.59. The van der Waals surface area contributed by atoms with Crippen molar-refractivity contribution < 1.29 is 19.2 Å². The number of nitrogens with one attached hydrogen (secondary N) is 2. The summed E-state index contributed by atoms with van der Waals surface area (Å²) in [5, 5.41) is 6.21. The number of urea groups is 1. The van der Waals surface area contributed by atoms with Gasteiger partial charge in [0, 0.05) is 18.8 Å². The third kappa shape index (κ3) is 4.81. The van der Waals surface area contributed by atoms with Crippen molar-refractivity contribution in [3.8, 4) is 0 Å². The van der Waals surface area contributed by atoms with Crippen molar-refractivity contribution in [2.75, 3.05) is 31.6 Å². The number of allylic oxidation sites excluding steroid dienone is 1. The van der Waals surface area contributed by atoms with E-state index in [1.54, 1.807) is 31.2 Å². The lowest BCUT2D eigenvalue weighted by atomic mass is 10.2. The zero-order valence-electron chi connectivity index (χ0n) is 12.5. The van der Waals surface area contributed by atoms with E-state index in [1.807, 2.05) is 0 Å². The summed E-state index contributed by atoms with van der Waals surface area (Å²) in [7, 11) is 4.36. The number of benzene rings is 1. The van der Waals surface area contributed by atoms with E-state index < -0.39 is 6.03 Å². The van der Waals surface area contributed by atoms with E-state index >= 15 is 0 Å². The van der Waals surface area contributed by atoms with Crippen molar-refractivity contribution in [3.05, 3.63) is 36.1 Å². The molecule has 0 saturated carbocycles. The molecule has 0 saturated heterocycles. The number of hydrogen-bond donors (Lipinski definition) is 2. The fraction of sp³-hybridized carbons (Fsp3) is 0.286. The summed E-state index contributed by atoms with van der Waals surface area (Å²) in [4.78, 5) is 28.4. The molecular weight excluding hydrogens is 274 g/mol. The number of hydroxylamine groups is 1. The van der Waals surface area contributed by atoms with Gasteiger partial charge in [-0.2, -0.15) is 5.06 Å². The molecule has 2 N–H and O–H groups in total. The average Bonchev–Trinajstić information content (AvgIpc) is 2.47. The lowest BCUT2D eigenvalue weighted by Crippen LogP contribution is -2.37. The topological polar surface area (TPSA) is 79.9 Å². The molecule has 7 heteroatoms. The van der Waals surface area contributed by atoms with Crippen molar-refractivity contribution in [2.24, 2.45) is 0 Å². The molecule has 0 aromatic heterocycles. The van der Waals surface area contributed by atoms with Gasteiger partial charge >= 0.3 is 6.03 Å². The van der Waals surface area contributed by atoms with E-state index in [9.17, 15) is 9.59 Å². The van der Waals surface area contributed by atoms with Gasteiger partial charge in [-0.1, -0.05) is 6.07 Å². The Morgan fingerprint density at radius 1 is 1.29 bits per heavy atom. The van der Waals surface area contributed by atoms with Crippen LogP contribution in [0.4, 0.5) is 16.2 Å². The molecule has 21 heavy (non-hydrogen) atoms. The van der Waals surface area contributed by atoms with E-state index in [4.69, 9.17) is 9.57 Å². The highest BCUT2D eigenvalue weighted by Crippen LogP contribution is 2.19. The lowest BCUT2D eigenvalue weighted by Gasteiger charge is -2.19. The highest BCUT2D eigenvalue weighted by atomic mass is 16.7. The molecule has 1 aromatic rings. The van der Waals surface area contributed by atoms with Crippen LogP contribution < -0.4 is 15.7 Å². The van der Waals surface area contributed by atoms with Crippen LogP contribution in [0.3, 0.4) is 0 Å². The normalized spacial score (nSPS) is 10.8. The van der Waals surface area contributed by atoms with Crippen molar-refractivity contribution in [2.45, 2.75) is 6.92 Å². The standard InChI is InChI=1S/C14H19N3O4/c1-10(20-3)8-13(18)16-11-6-5-7-12(9-11)17(21-4)14(19)15-2/h5-9H,1-4H3,(H,15,19)(H,16,18)/b10-8-. The Morgan fingerprint density at radius 3 is 2.57 bits per heavy atom. The van der Waals surface area contributed by atoms with Gasteiger partial charge in [0.15, 0.2) is 0 Å². The first-order valence-electron chi connectivity index (χ1n) is 6.21. The van der Waals surface area contributed by atoms with Crippen LogP contribution in [0.25, 0.3) is 0 Å². The monoisotopic (exact) mass is 293 g/mol. The van der Waals surface area contributed by atoms with Gasteiger partial charge in [0.05, 0.1) is 25.7 Å². The second-order valence-electron chi connectivity index (χ2n) is 4.03. The first kappa shape index (κ1) is 16.5. The van der Waals surface area contributed by atoms with Crippen molar-refractivity contribution in [3.63, 3.8) is 0 Å². The Labute approximate surface area is 123 Å². The number of anilines is 2. The van der Waals surface area contributed by atoms with Crippen molar-refractivity contribution in [1.29, 1.82) is 0 Å². The van der Waals surface area contributed by atoms with E-state index in [2.05, 4.69) is 10.6 Å². The number of carbonyl (C=O) groups excluding carboxylic acids is 2. The largest absolute Gasteiger partial charge is 0.501 e. The Balaban J connectivity index is 2.90. The Morgan fingerprint density at radius 2 is 2.00 bits per heavy atom. The molecule has 0 fully saturated rings. The summed E-state index contributed by atoms with van der Waals surface area (Å²) in [5.41, 5.74) is 1.02. The molecule has 0 bridgehead atoms. The van der Waals surface area contributed by atoms with E-state index in [0.29, 0.717) is 17.1 Å². The number of carbonyl (C=O) groups is 2. The minimum atomic E-state index is -0.420. The molecule has 0 atom stereocenters. The minimum absolute atomic E-state index is 0.324. The molecule has 0 aliphatic rings. The molecule has 0 spiro atoms. The van der Waals surface area contributed by atoms with Crippen LogP contribution in [0.15, 0.2) is 36.1 Å². The molecule has 0 heterocycles. The van der Waals surface area contributed by atoms with Gasteiger partial charge < -0.3 is 15.4 Å². The summed E-state index contributed by atoms with van der Waals surface area (Å²) >= 11 is 0. The van der Waals surface area contributed by atoms with Gasteiger partial charge in [0.25, 0.3) is 5.91 Å². The number of rotatable bonds is 5. The third-order valence-corrected chi connectivity index (χ3v) is 2.59. The maximum Gasteiger partial charge on any atom is 0.345 e. The number of nitrogens with zero attached hydrogens (tertiary/aromatic N) is 1. The summed E-state index contributed by atoms with van der Waals surface area (Å²) in [6.45, 7) is 1.67. The molecule has 7 nitrogen and oxygen atoms in total. The molecule has 114 valence electrons. The van der Waals surface area contributed by atoms with Crippen LogP contribution in [0, 0.1) is 0 Å².